The quantitative estimate of drug-likeness (QED) is 0.706. The van der Waals surface area contributed by atoms with Crippen LogP contribution in [0.2, 0.25) is 5.02 Å². The monoisotopic (exact) mass is 305 g/mol. The van der Waals surface area contributed by atoms with Gasteiger partial charge in [0.1, 0.15) is 16.5 Å². The number of hydrogen-bond donors (Lipinski definition) is 0. The van der Waals surface area contributed by atoms with E-state index in [-0.39, 0.29) is 0 Å². The highest BCUT2D eigenvalue weighted by Gasteiger charge is 2.12. The molecule has 5 heteroatoms. The van der Waals surface area contributed by atoms with Gasteiger partial charge in [0.05, 0.1) is 30.0 Å². The highest BCUT2D eigenvalue weighted by Crippen LogP contribution is 2.37. The first kappa shape index (κ1) is 13.2. The average molecular weight is 306 g/mol. The summed E-state index contributed by atoms with van der Waals surface area (Å²) in [5, 5.41) is 1.55. The van der Waals surface area contributed by atoms with E-state index in [1.54, 1.807) is 31.6 Å². The second kappa shape index (κ2) is 5.31. The Bertz CT molecular complexity index is 770. The normalized spacial score (nSPS) is 10.8. The summed E-state index contributed by atoms with van der Waals surface area (Å²) in [5.41, 5.74) is 1.89. The molecule has 1 aromatic heterocycles. The van der Waals surface area contributed by atoms with Gasteiger partial charge < -0.3 is 9.47 Å². The molecule has 102 valence electrons. The van der Waals surface area contributed by atoms with E-state index in [1.807, 2.05) is 30.3 Å². The maximum absolute atomic E-state index is 5.99. The van der Waals surface area contributed by atoms with Crippen LogP contribution in [0.3, 0.4) is 0 Å². The second-order valence-corrected chi connectivity index (χ2v) is 5.66. The van der Waals surface area contributed by atoms with Gasteiger partial charge in [0.2, 0.25) is 0 Å². The van der Waals surface area contributed by atoms with Gasteiger partial charge in [-0.3, -0.25) is 0 Å². The van der Waals surface area contributed by atoms with Crippen LogP contribution in [-0.4, -0.2) is 19.2 Å². The van der Waals surface area contributed by atoms with Crippen LogP contribution >= 0.6 is 22.9 Å². The van der Waals surface area contributed by atoms with Crippen molar-refractivity contribution in [2.24, 2.45) is 0 Å². The van der Waals surface area contributed by atoms with Crippen LogP contribution < -0.4 is 9.47 Å². The average Bonchev–Trinajstić information content (AvgIpc) is 2.89. The Balaban J connectivity index is 2.14. The minimum atomic E-state index is 0.647. The molecule has 0 N–H and O–H groups in total. The Kier molecular flexibility index (Phi) is 3.51. The number of nitrogens with zero attached hydrogens (tertiary/aromatic N) is 1. The number of methoxy groups -OCH3 is 2. The summed E-state index contributed by atoms with van der Waals surface area (Å²) in [6.07, 6.45) is 0. The van der Waals surface area contributed by atoms with E-state index in [4.69, 9.17) is 21.1 Å². The molecule has 0 aliphatic heterocycles. The molecule has 0 saturated heterocycles. The Labute approximate surface area is 125 Å². The summed E-state index contributed by atoms with van der Waals surface area (Å²) in [6, 6.07) is 11.4. The number of fused-ring (bicyclic) bond motifs is 1. The third-order valence-electron chi connectivity index (χ3n) is 2.99. The first-order valence-electron chi connectivity index (χ1n) is 6.00. The molecule has 0 unspecified atom stereocenters. The number of benzene rings is 2. The van der Waals surface area contributed by atoms with Crippen molar-refractivity contribution < 1.29 is 9.47 Å². The predicted octanol–water partition coefficient (Wildman–Crippen LogP) is 4.63. The van der Waals surface area contributed by atoms with Gasteiger partial charge in [-0.25, -0.2) is 4.98 Å². The summed E-state index contributed by atoms with van der Waals surface area (Å²) in [5.74, 6) is 1.55. The van der Waals surface area contributed by atoms with Gasteiger partial charge in [-0.15, -0.1) is 11.3 Å². The highest BCUT2D eigenvalue weighted by atomic mass is 35.5. The molecular formula is C15H12ClNO2S. The van der Waals surface area contributed by atoms with Gasteiger partial charge in [0.15, 0.2) is 0 Å². The van der Waals surface area contributed by atoms with E-state index in [1.165, 1.54) is 0 Å². The molecule has 0 aliphatic rings. The lowest BCUT2D eigenvalue weighted by molar-refractivity contribution is 0.415. The molecule has 0 radical (unpaired) electrons. The van der Waals surface area contributed by atoms with Crippen molar-refractivity contribution in [3.63, 3.8) is 0 Å². The van der Waals surface area contributed by atoms with Crippen molar-refractivity contribution in [3.8, 4) is 22.1 Å². The lowest BCUT2D eigenvalue weighted by Gasteiger charge is -2.05. The molecule has 2 aromatic carbocycles. The van der Waals surface area contributed by atoms with Crippen LogP contribution in [0.25, 0.3) is 20.8 Å². The highest BCUT2D eigenvalue weighted by molar-refractivity contribution is 7.21. The van der Waals surface area contributed by atoms with Crippen LogP contribution in [-0.2, 0) is 0 Å². The summed E-state index contributed by atoms with van der Waals surface area (Å²) in [7, 11) is 3.29. The van der Waals surface area contributed by atoms with Gasteiger partial charge in [0, 0.05) is 5.02 Å². The molecule has 3 nitrogen and oxygen atoms in total. The van der Waals surface area contributed by atoms with Crippen LogP contribution in [0.5, 0.6) is 11.5 Å². The third kappa shape index (κ3) is 2.32. The summed E-state index contributed by atoms with van der Waals surface area (Å²) >= 11 is 7.59. The molecular weight excluding hydrogens is 294 g/mol. The van der Waals surface area contributed by atoms with Crippen molar-refractivity contribution in [1.29, 1.82) is 0 Å². The minimum absolute atomic E-state index is 0.647. The van der Waals surface area contributed by atoms with Crippen LogP contribution in [0.1, 0.15) is 0 Å². The SMILES string of the molecule is COc1ccc2nc(-c3ccc(Cl)cc3OC)sc2c1. The zero-order chi connectivity index (χ0) is 14.1. The zero-order valence-corrected chi connectivity index (χ0v) is 12.6. The number of aromatic nitrogens is 1. The van der Waals surface area contributed by atoms with Gasteiger partial charge in [-0.05, 0) is 36.4 Å². The number of halogens is 1. The number of ether oxygens (including phenoxy) is 2. The summed E-state index contributed by atoms with van der Waals surface area (Å²) < 4.78 is 11.7. The van der Waals surface area contributed by atoms with E-state index >= 15 is 0 Å². The van der Waals surface area contributed by atoms with Crippen LogP contribution in [0.15, 0.2) is 36.4 Å². The molecule has 20 heavy (non-hydrogen) atoms. The first-order valence-corrected chi connectivity index (χ1v) is 7.19. The molecule has 0 fully saturated rings. The van der Waals surface area contributed by atoms with Crippen molar-refractivity contribution in [2.45, 2.75) is 0 Å². The Morgan fingerprint density at radius 1 is 1.05 bits per heavy atom. The lowest BCUT2D eigenvalue weighted by Crippen LogP contribution is -1.87. The Hall–Kier alpha value is -1.78. The van der Waals surface area contributed by atoms with E-state index < -0.39 is 0 Å². The number of rotatable bonds is 3. The fraction of sp³-hybridized carbons (Fsp3) is 0.133. The number of thiazole rings is 1. The lowest BCUT2D eigenvalue weighted by atomic mass is 10.2. The molecule has 0 amide bonds. The largest absolute Gasteiger partial charge is 0.497 e. The smallest absolute Gasteiger partial charge is 0.130 e. The maximum Gasteiger partial charge on any atom is 0.130 e. The fourth-order valence-electron chi connectivity index (χ4n) is 1.99. The van der Waals surface area contributed by atoms with E-state index in [2.05, 4.69) is 4.98 Å². The molecule has 0 saturated carbocycles. The van der Waals surface area contributed by atoms with Crippen molar-refractivity contribution in [1.82, 2.24) is 4.98 Å². The molecule has 1 heterocycles. The first-order chi connectivity index (χ1) is 9.71. The third-order valence-corrected chi connectivity index (χ3v) is 4.28. The fourth-order valence-corrected chi connectivity index (χ4v) is 3.18. The standard InChI is InChI=1S/C15H12ClNO2S/c1-18-10-4-6-12-14(8-10)20-15(17-12)11-5-3-9(16)7-13(11)19-2/h3-8H,1-2H3. The molecule has 3 aromatic rings. The molecule has 0 bridgehead atoms. The van der Waals surface area contributed by atoms with Gasteiger partial charge in [-0.1, -0.05) is 11.6 Å². The topological polar surface area (TPSA) is 31.4 Å². The van der Waals surface area contributed by atoms with Gasteiger partial charge in [0.25, 0.3) is 0 Å². The zero-order valence-electron chi connectivity index (χ0n) is 11.0. The summed E-state index contributed by atoms with van der Waals surface area (Å²) in [4.78, 5) is 4.64. The van der Waals surface area contributed by atoms with E-state index in [0.29, 0.717) is 5.02 Å². The summed E-state index contributed by atoms with van der Waals surface area (Å²) in [6.45, 7) is 0. The van der Waals surface area contributed by atoms with Crippen molar-refractivity contribution in [2.75, 3.05) is 14.2 Å². The molecule has 3 rings (SSSR count). The Morgan fingerprint density at radius 3 is 2.65 bits per heavy atom. The number of hydrogen-bond acceptors (Lipinski definition) is 4. The van der Waals surface area contributed by atoms with Gasteiger partial charge >= 0.3 is 0 Å². The minimum Gasteiger partial charge on any atom is -0.497 e. The molecule has 0 atom stereocenters. The van der Waals surface area contributed by atoms with Crippen molar-refractivity contribution >= 4 is 33.2 Å². The van der Waals surface area contributed by atoms with Crippen molar-refractivity contribution in [3.05, 3.63) is 41.4 Å². The van der Waals surface area contributed by atoms with E-state index in [0.717, 1.165) is 32.3 Å². The Morgan fingerprint density at radius 2 is 1.90 bits per heavy atom. The van der Waals surface area contributed by atoms with Crippen LogP contribution in [0, 0.1) is 0 Å². The molecule has 0 spiro atoms. The predicted molar refractivity (Wildman–Crippen MR) is 83.2 cm³/mol. The second-order valence-electron chi connectivity index (χ2n) is 4.20. The maximum atomic E-state index is 5.99. The van der Waals surface area contributed by atoms with Gasteiger partial charge in [-0.2, -0.15) is 0 Å². The van der Waals surface area contributed by atoms with E-state index in [9.17, 15) is 0 Å². The molecule has 0 aliphatic carbocycles. The van der Waals surface area contributed by atoms with Crippen LogP contribution in [0.4, 0.5) is 0 Å².